The van der Waals surface area contributed by atoms with Gasteiger partial charge in [0.15, 0.2) is 0 Å². The van der Waals surface area contributed by atoms with E-state index in [0.717, 1.165) is 6.54 Å². The molecule has 1 saturated heterocycles. The van der Waals surface area contributed by atoms with Crippen molar-refractivity contribution in [1.82, 2.24) is 4.90 Å². The quantitative estimate of drug-likeness (QED) is 0.573. The van der Waals surface area contributed by atoms with Crippen molar-refractivity contribution in [2.45, 2.75) is 13.0 Å². The molecule has 0 spiro atoms. The van der Waals surface area contributed by atoms with Crippen LogP contribution in [0, 0.1) is 0 Å². The summed E-state index contributed by atoms with van der Waals surface area (Å²) in [6.45, 7) is 2.50. The Morgan fingerprint density at radius 2 is 2.08 bits per heavy atom. The third-order valence-corrected chi connectivity index (χ3v) is 2.20. The summed E-state index contributed by atoms with van der Waals surface area (Å²) in [5.41, 5.74) is 1.24. The largest absolute Gasteiger partial charge is 0.332 e. The maximum Gasteiger partial charge on any atom is 0.220 e. The van der Waals surface area contributed by atoms with Gasteiger partial charge >= 0.3 is 0 Å². The highest BCUT2D eigenvalue weighted by atomic mass is 16.2. The zero-order valence-corrected chi connectivity index (χ0v) is 7.03. The van der Waals surface area contributed by atoms with E-state index < -0.39 is 0 Å². The summed E-state index contributed by atoms with van der Waals surface area (Å²) >= 11 is 0. The third-order valence-electron chi connectivity index (χ3n) is 2.20. The van der Waals surface area contributed by atoms with Gasteiger partial charge in [-0.3, -0.25) is 4.79 Å². The second-order valence-corrected chi connectivity index (χ2v) is 3.10. The van der Waals surface area contributed by atoms with Crippen LogP contribution in [0.2, 0.25) is 0 Å². The molecule has 2 rings (SSSR count). The van der Waals surface area contributed by atoms with Gasteiger partial charge in [0.25, 0.3) is 0 Å². The topological polar surface area (TPSA) is 20.1 Å². The molecular weight excluding hydrogens is 150 g/mol. The van der Waals surface area contributed by atoms with Gasteiger partial charge in [0, 0.05) is 13.5 Å². The molecule has 62 valence electrons. The van der Waals surface area contributed by atoms with Crippen molar-refractivity contribution < 1.29 is 4.79 Å². The maximum atomic E-state index is 10.9. The van der Waals surface area contributed by atoms with Crippen LogP contribution >= 0.6 is 0 Å². The molecule has 0 saturated carbocycles. The molecule has 0 aliphatic carbocycles. The number of carbonyl (C=O) groups is 1. The minimum Gasteiger partial charge on any atom is -0.332 e. The van der Waals surface area contributed by atoms with Crippen molar-refractivity contribution in [2.24, 2.45) is 0 Å². The molecule has 1 aliphatic rings. The minimum absolute atomic E-state index is 0.170. The van der Waals surface area contributed by atoms with Crippen LogP contribution in [0.25, 0.3) is 0 Å². The summed E-state index contributed by atoms with van der Waals surface area (Å²) in [6.07, 6.45) is 0. The smallest absolute Gasteiger partial charge is 0.220 e. The molecule has 2 nitrogen and oxygen atoms in total. The first-order valence-corrected chi connectivity index (χ1v) is 4.11. The third kappa shape index (κ3) is 1.20. The Bertz CT molecular complexity index is 294. The molecule has 2 heteroatoms. The van der Waals surface area contributed by atoms with Crippen LogP contribution in [0.4, 0.5) is 0 Å². The lowest BCUT2D eigenvalue weighted by atomic mass is 10.2. The van der Waals surface area contributed by atoms with Crippen molar-refractivity contribution in [2.75, 3.05) is 6.54 Å². The second kappa shape index (κ2) is 2.63. The summed E-state index contributed by atoms with van der Waals surface area (Å²) in [5, 5.41) is 0. The molecular formula is C10H11NO. The van der Waals surface area contributed by atoms with E-state index in [2.05, 4.69) is 12.1 Å². The zero-order chi connectivity index (χ0) is 8.55. The van der Waals surface area contributed by atoms with E-state index in [1.165, 1.54) is 5.56 Å². The van der Waals surface area contributed by atoms with Crippen molar-refractivity contribution in [3.8, 4) is 0 Å². The minimum atomic E-state index is 0.170. The summed E-state index contributed by atoms with van der Waals surface area (Å²) < 4.78 is 0. The molecule has 12 heavy (non-hydrogen) atoms. The number of benzene rings is 1. The first-order valence-electron chi connectivity index (χ1n) is 4.11. The van der Waals surface area contributed by atoms with Crippen LogP contribution in [-0.2, 0) is 4.79 Å². The molecule has 0 bridgehead atoms. The predicted molar refractivity (Wildman–Crippen MR) is 46.6 cm³/mol. The van der Waals surface area contributed by atoms with Crippen LogP contribution in [0.5, 0.6) is 0 Å². The Kier molecular flexibility index (Phi) is 1.61. The first-order chi connectivity index (χ1) is 5.79. The molecule has 1 atom stereocenters. The van der Waals surface area contributed by atoms with Crippen LogP contribution < -0.4 is 0 Å². The second-order valence-electron chi connectivity index (χ2n) is 3.10. The SMILES string of the molecule is CC(=O)N1CC1c1ccccc1. The lowest BCUT2D eigenvalue weighted by Gasteiger charge is -1.98. The average molecular weight is 161 g/mol. The van der Waals surface area contributed by atoms with Gasteiger partial charge in [-0.05, 0) is 5.56 Å². The van der Waals surface area contributed by atoms with E-state index in [-0.39, 0.29) is 5.91 Å². The number of amides is 1. The van der Waals surface area contributed by atoms with E-state index in [1.807, 2.05) is 23.1 Å². The molecule has 1 fully saturated rings. The fourth-order valence-corrected chi connectivity index (χ4v) is 1.45. The van der Waals surface area contributed by atoms with Gasteiger partial charge in [-0.2, -0.15) is 0 Å². The standard InChI is InChI=1S/C10H11NO/c1-8(12)11-7-10(11)9-5-3-2-4-6-9/h2-6,10H,7H2,1H3. The molecule has 1 aliphatic heterocycles. The number of nitrogens with zero attached hydrogens (tertiary/aromatic N) is 1. The Labute approximate surface area is 71.8 Å². The predicted octanol–water partition coefficient (Wildman–Crippen LogP) is 1.59. The molecule has 1 aromatic carbocycles. The van der Waals surface area contributed by atoms with Gasteiger partial charge in [0.2, 0.25) is 5.91 Å². The molecule has 1 unspecified atom stereocenters. The van der Waals surface area contributed by atoms with E-state index in [0.29, 0.717) is 6.04 Å². The van der Waals surface area contributed by atoms with Gasteiger partial charge in [-0.25, -0.2) is 0 Å². The highest BCUT2D eigenvalue weighted by Crippen LogP contribution is 2.33. The molecule has 0 aromatic heterocycles. The summed E-state index contributed by atoms with van der Waals surface area (Å²) in [4.78, 5) is 12.8. The van der Waals surface area contributed by atoms with Gasteiger partial charge in [-0.15, -0.1) is 0 Å². The summed E-state index contributed by atoms with van der Waals surface area (Å²) in [6, 6.07) is 10.5. The molecule has 0 radical (unpaired) electrons. The molecule has 1 aromatic rings. The molecule has 0 N–H and O–H groups in total. The van der Waals surface area contributed by atoms with Crippen LogP contribution in [0.1, 0.15) is 18.5 Å². The van der Waals surface area contributed by atoms with Gasteiger partial charge < -0.3 is 4.90 Å². The maximum absolute atomic E-state index is 10.9. The fourth-order valence-electron chi connectivity index (χ4n) is 1.45. The van der Waals surface area contributed by atoms with E-state index in [1.54, 1.807) is 6.92 Å². The fraction of sp³-hybridized carbons (Fsp3) is 0.300. The number of hydrogen-bond acceptors (Lipinski definition) is 1. The lowest BCUT2D eigenvalue weighted by molar-refractivity contribution is -0.124. The number of rotatable bonds is 1. The first kappa shape index (κ1) is 7.35. The molecule has 1 amide bonds. The summed E-state index contributed by atoms with van der Waals surface area (Å²) in [5.74, 6) is 0.170. The monoisotopic (exact) mass is 161 g/mol. The van der Waals surface area contributed by atoms with Crippen LogP contribution in [-0.4, -0.2) is 17.4 Å². The van der Waals surface area contributed by atoms with Crippen LogP contribution in [0.15, 0.2) is 30.3 Å². The Balaban J connectivity index is 2.11. The van der Waals surface area contributed by atoms with Gasteiger partial charge in [0.05, 0.1) is 6.04 Å². The van der Waals surface area contributed by atoms with Crippen molar-refractivity contribution in [3.63, 3.8) is 0 Å². The van der Waals surface area contributed by atoms with E-state index in [4.69, 9.17) is 0 Å². The highest BCUT2D eigenvalue weighted by Gasteiger charge is 2.36. The number of hydrogen-bond donors (Lipinski definition) is 0. The van der Waals surface area contributed by atoms with E-state index in [9.17, 15) is 4.79 Å². The summed E-state index contributed by atoms with van der Waals surface area (Å²) in [7, 11) is 0. The van der Waals surface area contributed by atoms with E-state index >= 15 is 0 Å². The lowest BCUT2D eigenvalue weighted by Crippen LogP contribution is -2.04. The van der Waals surface area contributed by atoms with Gasteiger partial charge in [0.1, 0.15) is 0 Å². The Hall–Kier alpha value is -1.31. The van der Waals surface area contributed by atoms with Crippen molar-refractivity contribution >= 4 is 5.91 Å². The number of carbonyl (C=O) groups excluding carboxylic acids is 1. The Morgan fingerprint density at radius 1 is 1.42 bits per heavy atom. The Morgan fingerprint density at radius 3 is 2.58 bits per heavy atom. The zero-order valence-electron chi connectivity index (χ0n) is 7.03. The normalized spacial score (nSPS) is 20.8. The highest BCUT2D eigenvalue weighted by molar-refractivity contribution is 5.76. The van der Waals surface area contributed by atoms with Crippen LogP contribution in [0.3, 0.4) is 0 Å². The van der Waals surface area contributed by atoms with Gasteiger partial charge in [-0.1, -0.05) is 30.3 Å². The molecule has 1 heterocycles. The van der Waals surface area contributed by atoms with Crippen molar-refractivity contribution in [3.05, 3.63) is 35.9 Å². The van der Waals surface area contributed by atoms with Crippen molar-refractivity contribution in [1.29, 1.82) is 0 Å². The average Bonchev–Trinajstić information content (AvgIpc) is 2.84.